The van der Waals surface area contributed by atoms with Gasteiger partial charge in [0.15, 0.2) is 0 Å². The van der Waals surface area contributed by atoms with Gasteiger partial charge in [-0.15, -0.1) is 0 Å². The van der Waals surface area contributed by atoms with Gasteiger partial charge in [0.2, 0.25) is 0 Å². The molecule has 2 heteroatoms. The van der Waals surface area contributed by atoms with Crippen molar-refractivity contribution in [2.45, 2.75) is 37.7 Å². The minimum atomic E-state index is 0.309. The van der Waals surface area contributed by atoms with Crippen LogP contribution in [0.4, 0.5) is 0 Å². The molecule has 0 aromatic heterocycles. The van der Waals surface area contributed by atoms with Crippen molar-refractivity contribution in [1.82, 2.24) is 4.90 Å². The molecule has 13 heavy (non-hydrogen) atoms. The van der Waals surface area contributed by atoms with E-state index in [1.165, 1.54) is 45.2 Å². The van der Waals surface area contributed by atoms with Crippen LogP contribution in [0.1, 0.15) is 32.1 Å². The fourth-order valence-corrected chi connectivity index (χ4v) is 2.94. The SMILES string of the molecule is CN1CCC2(CC1)CC1(CC1)CO2. The van der Waals surface area contributed by atoms with Gasteiger partial charge < -0.3 is 9.64 Å². The molecule has 2 aliphatic heterocycles. The second kappa shape index (κ2) is 2.48. The first kappa shape index (κ1) is 8.25. The zero-order valence-corrected chi connectivity index (χ0v) is 8.51. The number of rotatable bonds is 0. The Morgan fingerprint density at radius 1 is 1.08 bits per heavy atom. The minimum Gasteiger partial charge on any atom is -0.374 e. The predicted octanol–water partition coefficient (Wildman–Crippen LogP) is 1.65. The molecule has 0 radical (unpaired) electrons. The third-order valence-corrected chi connectivity index (χ3v) is 4.24. The van der Waals surface area contributed by atoms with Gasteiger partial charge in [0, 0.05) is 13.1 Å². The Kier molecular flexibility index (Phi) is 1.58. The molecule has 0 aromatic rings. The number of hydrogen-bond acceptors (Lipinski definition) is 2. The van der Waals surface area contributed by atoms with E-state index in [2.05, 4.69) is 11.9 Å². The standard InChI is InChI=1S/C11H19NO/c1-12-6-4-11(5-7-12)8-10(2-3-10)9-13-11/h2-9H2,1H3. The summed E-state index contributed by atoms with van der Waals surface area (Å²) in [6, 6.07) is 0. The van der Waals surface area contributed by atoms with Gasteiger partial charge in [-0.25, -0.2) is 0 Å². The molecule has 2 heterocycles. The van der Waals surface area contributed by atoms with Crippen molar-refractivity contribution < 1.29 is 4.74 Å². The molecule has 3 aliphatic rings. The first-order valence-corrected chi connectivity index (χ1v) is 5.55. The molecular weight excluding hydrogens is 162 g/mol. The van der Waals surface area contributed by atoms with Crippen molar-refractivity contribution in [3.63, 3.8) is 0 Å². The normalized spacial score (nSPS) is 35.8. The molecule has 74 valence electrons. The van der Waals surface area contributed by atoms with Crippen LogP contribution in [0.15, 0.2) is 0 Å². The molecule has 1 aliphatic carbocycles. The van der Waals surface area contributed by atoms with Crippen LogP contribution in [-0.4, -0.2) is 37.2 Å². The Labute approximate surface area is 80.2 Å². The lowest BCUT2D eigenvalue weighted by Gasteiger charge is -2.37. The Hall–Kier alpha value is -0.0800. The van der Waals surface area contributed by atoms with Crippen LogP contribution in [0.3, 0.4) is 0 Å². The summed E-state index contributed by atoms with van der Waals surface area (Å²) in [6.45, 7) is 3.53. The highest BCUT2D eigenvalue weighted by Crippen LogP contribution is 2.58. The van der Waals surface area contributed by atoms with Crippen LogP contribution in [0, 0.1) is 5.41 Å². The zero-order valence-electron chi connectivity index (χ0n) is 8.51. The van der Waals surface area contributed by atoms with Crippen molar-refractivity contribution >= 4 is 0 Å². The molecule has 2 nitrogen and oxygen atoms in total. The second-order valence-electron chi connectivity index (χ2n) is 5.45. The van der Waals surface area contributed by atoms with E-state index in [0.717, 1.165) is 6.61 Å². The number of ether oxygens (including phenoxy) is 1. The van der Waals surface area contributed by atoms with Crippen molar-refractivity contribution in [1.29, 1.82) is 0 Å². The van der Waals surface area contributed by atoms with E-state index in [9.17, 15) is 0 Å². The Bertz CT molecular complexity index is 214. The molecule has 3 rings (SSSR count). The summed E-state index contributed by atoms with van der Waals surface area (Å²) in [6.07, 6.45) is 6.78. The lowest BCUT2D eigenvalue weighted by Crippen LogP contribution is -2.42. The summed E-state index contributed by atoms with van der Waals surface area (Å²) < 4.78 is 6.08. The van der Waals surface area contributed by atoms with Crippen molar-refractivity contribution in [3.05, 3.63) is 0 Å². The lowest BCUT2D eigenvalue weighted by atomic mass is 9.84. The topological polar surface area (TPSA) is 12.5 Å². The Morgan fingerprint density at radius 2 is 1.77 bits per heavy atom. The Morgan fingerprint density at radius 3 is 2.31 bits per heavy atom. The van der Waals surface area contributed by atoms with Crippen molar-refractivity contribution in [2.24, 2.45) is 5.41 Å². The predicted molar refractivity (Wildman–Crippen MR) is 51.7 cm³/mol. The van der Waals surface area contributed by atoms with Gasteiger partial charge in [0.1, 0.15) is 0 Å². The first-order valence-electron chi connectivity index (χ1n) is 5.55. The van der Waals surface area contributed by atoms with E-state index in [1.54, 1.807) is 0 Å². The summed E-state index contributed by atoms with van der Waals surface area (Å²) >= 11 is 0. The fourth-order valence-electron chi connectivity index (χ4n) is 2.94. The van der Waals surface area contributed by atoms with E-state index in [4.69, 9.17) is 4.74 Å². The van der Waals surface area contributed by atoms with Gasteiger partial charge in [-0.2, -0.15) is 0 Å². The third-order valence-electron chi connectivity index (χ3n) is 4.24. The van der Waals surface area contributed by atoms with Gasteiger partial charge in [-0.1, -0.05) is 0 Å². The van der Waals surface area contributed by atoms with E-state index in [0.29, 0.717) is 11.0 Å². The van der Waals surface area contributed by atoms with Crippen LogP contribution >= 0.6 is 0 Å². The smallest absolute Gasteiger partial charge is 0.0713 e. The quantitative estimate of drug-likeness (QED) is 0.563. The number of nitrogens with zero attached hydrogens (tertiary/aromatic N) is 1. The van der Waals surface area contributed by atoms with E-state index < -0.39 is 0 Å². The highest BCUT2D eigenvalue weighted by atomic mass is 16.5. The minimum absolute atomic E-state index is 0.309. The van der Waals surface area contributed by atoms with Crippen LogP contribution in [0.5, 0.6) is 0 Å². The third kappa shape index (κ3) is 1.31. The van der Waals surface area contributed by atoms with Crippen molar-refractivity contribution in [3.8, 4) is 0 Å². The first-order chi connectivity index (χ1) is 6.22. The molecule has 0 amide bonds. The van der Waals surface area contributed by atoms with Gasteiger partial charge in [-0.05, 0) is 44.6 Å². The van der Waals surface area contributed by atoms with Crippen LogP contribution in [-0.2, 0) is 4.74 Å². The molecule has 0 aromatic carbocycles. The van der Waals surface area contributed by atoms with E-state index >= 15 is 0 Å². The average Bonchev–Trinajstić information content (AvgIpc) is 2.77. The highest BCUT2D eigenvalue weighted by molar-refractivity contribution is 5.06. The molecule has 0 atom stereocenters. The zero-order chi connectivity index (χ0) is 8.94. The number of hydrogen-bond donors (Lipinski definition) is 0. The molecule has 0 bridgehead atoms. The summed E-state index contributed by atoms with van der Waals surface area (Å²) in [5.74, 6) is 0. The second-order valence-corrected chi connectivity index (χ2v) is 5.45. The maximum absolute atomic E-state index is 6.08. The summed E-state index contributed by atoms with van der Waals surface area (Å²) in [4.78, 5) is 2.42. The Balaban J connectivity index is 1.69. The van der Waals surface area contributed by atoms with Gasteiger partial charge in [0.05, 0.1) is 12.2 Å². The molecule has 0 N–H and O–H groups in total. The summed E-state index contributed by atoms with van der Waals surface area (Å²) in [5.41, 5.74) is 0.971. The number of likely N-dealkylation sites (tertiary alicyclic amines) is 1. The molecular formula is C11H19NO. The number of piperidine rings is 1. The summed E-state index contributed by atoms with van der Waals surface area (Å²) in [5, 5.41) is 0. The molecule has 2 spiro atoms. The van der Waals surface area contributed by atoms with Crippen LogP contribution in [0.25, 0.3) is 0 Å². The molecule has 1 saturated carbocycles. The maximum atomic E-state index is 6.08. The van der Waals surface area contributed by atoms with Gasteiger partial charge in [0.25, 0.3) is 0 Å². The van der Waals surface area contributed by atoms with Gasteiger partial charge in [-0.3, -0.25) is 0 Å². The van der Waals surface area contributed by atoms with E-state index in [1.807, 2.05) is 0 Å². The van der Waals surface area contributed by atoms with Crippen molar-refractivity contribution in [2.75, 3.05) is 26.7 Å². The highest BCUT2D eigenvalue weighted by Gasteiger charge is 2.55. The lowest BCUT2D eigenvalue weighted by molar-refractivity contribution is -0.0395. The summed E-state index contributed by atoms with van der Waals surface area (Å²) in [7, 11) is 2.22. The van der Waals surface area contributed by atoms with Gasteiger partial charge >= 0.3 is 0 Å². The fraction of sp³-hybridized carbons (Fsp3) is 1.00. The average molecular weight is 181 g/mol. The monoisotopic (exact) mass is 181 g/mol. The molecule has 0 unspecified atom stereocenters. The van der Waals surface area contributed by atoms with Crippen LogP contribution in [0.2, 0.25) is 0 Å². The van der Waals surface area contributed by atoms with E-state index in [-0.39, 0.29) is 0 Å². The molecule has 2 saturated heterocycles. The maximum Gasteiger partial charge on any atom is 0.0713 e. The largest absolute Gasteiger partial charge is 0.374 e. The molecule has 3 fully saturated rings. The van der Waals surface area contributed by atoms with Crippen LogP contribution < -0.4 is 0 Å².